The third-order valence-electron chi connectivity index (χ3n) is 9.94. The highest BCUT2D eigenvalue weighted by Crippen LogP contribution is 2.67. The third-order valence-corrected chi connectivity index (χ3v) is 9.94. The first-order valence-electron chi connectivity index (χ1n) is 12.3. The van der Waals surface area contributed by atoms with E-state index in [-0.39, 0.29) is 41.5 Å². The molecule has 0 radical (unpaired) electrons. The van der Waals surface area contributed by atoms with Crippen LogP contribution in [0.4, 0.5) is 0 Å². The number of carbonyl (C=O) groups is 2. The Morgan fingerprint density at radius 1 is 1.21 bits per heavy atom. The molecule has 0 amide bonds. The fourth-order valence-electron chi connectivity index (χ4n) is 8.12. The van der Waals surface area contributed by atoms with Gasteiger partial charge in [0.05, 0.1) is 31.8 Å². The summed E-state index contributed by atoms with van der Waals surface area (Å²) in [7, 11) is 1.36. The number of carbonyl (C=O) groups excluding carboxylic acids is 2. The normalized spacial score (nSPS) is 43.2. The van der Waals surface area contributed by atoms with Gasteiger partial charge in [0.25, 0.3) is 0 Å². The van der Waals surface area contributed by atoms with Crippen LogP contribution in [0, 0.1) is 34.0 Å². The second-order valence-electron chi connectivity index (χ2n) is 11.8. The summed E-state index contributed by atoms with van der Waals surface area (Å²) in [5.41, 5.74) is 1.44. The molecule has 4 aliphatic rings. The van der Waals surface area contributed by atoms with Crippen molar-refractivity contribution in [3.05, 3.63) is 35.3 Å². The molecule has 34 heavy (non-hydrogen) atoms. The van der Waals surface area contributed by atoms with E-state index in [2.05, 4.69) is 6.92 Å². The minimum atomic E-state index is -0.952. The molecule has 1 aromatic heterocycles. The van der Waals surface area contributed by atoms with E-state index in [0.717, 1.165) is 24.0 Å². The Balaban J connectivity index is 1.66. The first-order chi connectivity index (χ1) is 16.0. The number of ether oxygens (including phenoxy) is 2. The average Bonchev–Trinajstić information content (AvgIpc) is 3.32. The lowest BCUT2D eigenvalue weighted by molar-refractivity contribution is -0.201. The zero-order chi connectivity index (χ0) is 24.6. The van der Waals surface area contributed by atoms with Crippen molar-refractivity contribution in [2.75, 3.05) is 7.11 Å². The van der Waals surface area contributed by atoms with Crippen LogP contribution in [0.3, 0.4) is 0 Å². The van der Waals surface area contributed by atoms with Gasteiger partial charge in [-0.2, -0.15) is 0 Å². The number of hydrogen-bond donors (Lipinski definition) is 2. The lowest BCUT2D eigenvalue weighted by Crippen LogP contribution is -2.66. The lowest BCUT2D eigenvalue weighted by Gasteiger charge is -2.63. The summed E-state index contributed by atoms with van der Waals surface area (Å²) >= 11 is 0. The van der Waals surface area contributed by atoms with Crippen LogP contribution in [0.2, 0.25) is 0 Å². The van der Waals surface area contributed by atoms with Gasteiger partial charge in [-0.15, -0.1) is 0 Å². The van der Waals surface area contributed by atoms with Crippen molar-refractivity contribution in [1.29, 1.82) is 0 Å². The van der Waals surface area contributed by atoms with E-state index < -0.39 is 29.1 Å². The third kappa shape index (κ3) is 3.06. The minimum absolute atomic E-state index is 0.0453. The summed E-state index contributed by atoms with van der Waals surface area (Å²) in [5, 5.41) is 22.1. The highest BCUT2D eigenvalue weighted by molar-refractivity contribution is 5.92. The molecule has 1 aliphatic heterocycles. The maximum Gasteiger partial charge on any atom is 0.305 e. The lowest BCUT2D eigenvalue weighted by atomic mass is 9.40. The molecule has 5 rings (SSSR count). The van der Waals surface area contributed by atoms with Gasteiger partial charge in [0.15, 0.2) is 6.29 Å². The van der Waals surface area contributed by atoms with Gasteiger partial charge >= 0.3 is 5.97 Å². The molecule has 3 aliphatic carbocycles. The second kappa shape index (κ2) is 7.77. The highest BCUT2D eigenvalue weighted by atomic mass is 16.6. The van der Waals surface area contributed by atoms with E-state index in [1.807, 2.05) is 26.8 Å². The Hall–Kier alpha value is -1.96. The number of allylic oxidation sites excluding steroid dienone is 1. The molecule has 7 heteroatoms. The number of aliphatic hydroxyl groups is 2. The van der Waals surface area contributed by atoms with Crippen LogP contribution in [-0.4, -0.2) is 41.5 Å². The zero-order valence-electron chi connectivity index (χ0n) is 20.7. The molecule has 7 nitrogen and oxygen atoms in total. The van der Waals surface area contributed by atoms with Gasteiger partial charge in [-0.3, -0.25) is 9.59 Å². The van der Waals surface area contributed by atoms with Gasteiger partial charge in [0.2, 0.25) is 0 Å². The number of rotatable bonds is 3. The Labute approximate surface area is 200 Å². The molecule has 0 unspecified atom stereocenters. The van der Waals surface area contributed by atoms with Gasteiger partial charge in [-0.05, 0) is 42.6 Å². The summed E-state index contributed by atoms with van der Waals surface area (Å²) in [6.45, 7) is 8.12. The second-order valence-corrected chi connectivity index (χ2v) is 11.8. The molecule has 2 bridgehead atoms. The highest BCUT2D eigenvalue weighted by Gasteiger charge is 2.67. The van der Waals surface area contributed by atoms with E-state index in [9.17, 15) is 19.8 Å². The number of ketones is 1. The van der Waals surface area contributed by atoms with Crippen LogP contribution in [-0.2, 0) is 19.1 Å². The van der Waals surface area contributed by atoms with Crippen molar-refractivity contribution in [1.82, 2.24) is 0 Å². The van der Waals surface area contributed by atoms with Crippen LogP contribution in [0.15, 0.2) is 34.2 Å². The molecule has 0 aromatic carbocycles. The molecular formula is C27H36O7. The summed E-state index contributed by atoms with van der Waals surface area (Å²) in [4.78, 5) is 26.4. The van der Waals surface area contributed by atoms with E-state index in [1.165, 1.54) is 12.7 Å². The summed E-state index contributed by atoms with van der Waals surface area (Å²) in [6, 6.07) is 1.88. The first kappa shape index (κ1) is 23.8. The van der Waals surface area contributed by atoms with Gasteiger partial charge in [-0.1, -0.05) is 38.8 Å². The van der Waals surface area contributed by atoms with Gasteiger partial charge in [0, 0.05) is 35.2 Å². The molecule has 1 saturated heterocycles. The Morgan fingerprint density at radius 3 is 2.59 bits per heavy atom. The molecule has 2 saturated carbocycles. The Bertz CT molecular complexity index is 1020. The SMILES string of the molecule is COC(=O)C[C@H]1C(C)(C)[C@@H](O)[C@H]2CC3=C4C[C@@H](O)O[C@@H](c5ccoc5)[C@]4(C)CC[C@H]3[C@@]1(C)C2=O. The topological polar surface area (TPSA) is 106 Å². The Kier molecular flexibility index (Phi) is 5.43. The molecule has 2 heterocycles. The standard InChI is InChI=1S/C27H36O7/c1-25(2)19(12-20(28)32-5)27(4)17-6-8-26(3)18(15(17)10-16(22(25)30)23(27)31)11-21(29)34-24(26)14-7-9-33-13-14/h7,9,13,16-17,19,21-22,24,29-30H,6,8,10-12H2,1-5H3/t16-,17-,19+,21+,22+,24+,26-,27-/m1/s1. The predicted octanol–water partition coefficient (Wildman–Crippen LogP) is 3.95. The van der Waals surface area contributed by atoms with Crippen LogP contribution in [0.1, 0.15) is 71.5 Å². The maximum absolute atomic E-state index is 13.9. The van der Waals surface area contributed by atoms with E-state index in [4.69, 9.17) is 13.9 Å². The summed E-state index contributed by atoms with van der Waals surface area (Å²) < 4.78 is 16.4. The fraction of sp³-hybridized carbons (Fsp3) is 0.704. The van der Waals surface area contributed by atoms with Crippen molar-refractivity contribution in [3.63, 3.8) is 0 Å². The smallest absolute Gasteiger partial charge is 0.305 e. The predicted molar refractivity (Wildman–Crippen MR) is 122 cm³/mol. The van der Waals surface area contributed by atoms with Gasteiger partial charge < -0.3 is 24.1 Å². The number of Topliss-reactive ketones (excluding diaryl/α,β-unsaturated/α-hetero) is 1. The molecule has 1 aromatic rings. The molecule has 8 atom stereocenters. The number of esters is 1. The van der Waals surface area contributed by atoms with E-state index in [0.29, 0.717) is 12.8 Å². The molecule has 0 spiro atoms. The first-order valence-corrected chi connectivity index (χ1v) is 12.3. The quantitative estimate of drug-likeness (QED) is 0.507. The van der Waals surface area contributed by atoms with Crippen molar-refractivity contribution in [2.24, 2.45) is 34.0 Å². The van der Waals surface area contributed by atoms with Crippen LogP contribution < -0.4 is 0 Å². The van der Waals surface area contributed by atoms with Crippen molar-refractivity contribution < 1.29 is 33.7 Å². The Morgan fingerprint density at radius 2 is 1.94 bits per heavy atom. The van der Waals surface area contributed by atoms with Crippen LogP contribution in [0.5, 0.6) is 0 Å². The fourth-order valence-corrected chi connectivity index (χ4v) is 8.12. The zero-order valence-corrected chi connectivity index (χ0v) is 20.7. The van der Waals surface area contributed by atoms with Crippen LogP contribution in [0.25, 0.3) is 0 Å². The minimum Gasteiger partial charge on any atom is -0.472 e. The molecule has 186 valence electrons. The van der Waals surface area contributed by atoms with Crippen molar-refractivity contribution in [3.8, 4) is 0 Å². The largest absolute Gasteiger partial charge is 0.472 e. The summed E-state index contributed by atoms with van der Waals surface area (Å²) in [6.07, 6.45) is 3.66. The number of hydrogen-bond acceptors (Lipinski definition) is 7. The van der Waals surface area contributed by atoms with E-state index in [1.54, 1.807) is 12.5 Å². The summed E-state index contributed by atoms with van der Waals surface area (Å²) in [5.74, 6) is -1.23. The number of furan rings is 1. The maximum atomic E-state index is 13.9. The van der Waals surface area contributed by atoms with Gasteiger partial charge in [0.1, 0.15) is 5.78 Å². The number of fused-ring (bicyclic) bond motifs is 5. The van der Waals surface area contributed by atoms with Crippen molar-refractivity contribution >= 4 is 11.8 Å². The number of methoxy groups -OCH3 is 1. The monoisotopic (exact) mass is 472 g/mol. The van der Waals surface area contributed by atoms with Crippen LogP contribution >= 0.6 is 0 Å². The van der Waals surface area contributed by atoms with Crippen molar-refractivity contribution in [2.45, 2.75) is 78.3 Å². The average molecular weight is 473 g/mol. The molecular weight excluding hydrogens is 436 g/mol. The number of aliphatic hydroxyl groups excluding tert-OH is 2. The van der Waals surface area contributed by atoms with Gasteiger partial charge in [-0.25, -0.2) is 0 Å². The molecule has 2 N–H and O–H groups in total. The molecule has 3 fully saturated rings. The van der Waals surface area contributed by atoms with E-state index >= 15 is 0 Å².